The summed E-state index contributed by atoms with van der Waals surface area (Å²) in [6.45, 7) is 0.0561. The summed E-state index contributed by atoms with van der Waals surface area (Å²) in [5, 5.41) is 13.0. The SMILES string of the molecule is CN(C)C(CNC(=O)c1ccc2n[nH]nc2c1)c1c(F)cccc1F. The minimum atomic E-state index is -0.642. The average molecular weight is 345 g/mol. The van der Waals surface area contributed by atoms with Crippen LogP contribution in [-0.4, -0.2) is 46.9 Å². The highest BCUT2D eigenvalue weighted by molar-refractivity contribution is 5.97. The highest BCUT2D eigenvalue weighted by Crippen LogP contribution is 2.24. The number of fused-ring (bicyclic) bond motifs is 1. The number of hydrogen-bond donors (Lipinski definition) is 2. The van der Waals surface area contributed by atoms with Crippen LogP contribution in [0.5, 0.6) is 0 Å². The molecule has 1 aromatic heterocycles. The van der Waals surface area contributed by atoms with Crippen LogP contribution in [0, 0.1) is 11.6 Å². The zero-order valence-electron chi connectivity index (χ0n) is 13.8. The first-order valence-electron chi connectivity index (χ1n) is 7.66. The summed E-state index contributed by atoms with van der Waals surface area (Å²) in [6, 6.07) is 7.97. The predicted molar refractivity (Wildman–Crippen MR) is 89.0 cm³/mol. The van der Waals surface area contributed by atoms with Gasteiger partial charge >= 0.3 is 0 Å². The summed E-state index contributed by atoms with van der Waals surface area (Å²) >= 11 is 0. The number of carbonyl (C=O) groups excluding carboxylic acids is 1. The van der Waals surface area contributed by atoms with Crippen molar-refractivity contribution in [1.82, 2.24) is 25.6 Å². The molecule has 1 heterocycles. The summed E-state index contributed by atoms with van der Waals surface area (Å²) in [7, 11) is 3.40. The molecule has 0 aliphatic carbocycles. The number of nitrogens with one attached hydrogen (secondary N) is 2. The molecule has 1 amide bonds. The van der Waals surface area contributed by atoms with Crippen molar-refractivity contribution < 1.29 is 13.6 Å². The van der Waals surface area contributed by atoms with Crippen molar-refractivity contribution in [3.63, 3.8) is 0 Å². The van der Waals surface area contributed by atoms with Crippen LogP contribution < -0.4 is 5.32 Å². The number of likely N-dealkylation sites (N-methyl/N-ethyl adjacent to an activating group) is 1. The highest BCUT2D eigenvalue weighted by atomic mass is 19.1. The number of nitrogens with zero attached hydrogens (tertiary/aromatic N) is 3. The summed E-state index contributed by atoms with van der Waals surface area (Å²) < 4.78 is 28.1. The molecule has 3 rings (SSSR count). The van der Waals surface area contributed by atoms with E-state index in [2.05, 4.69) is 20.7 Å². The Hall–Kier alpha value is -2.87. The van der Waals surface area contributed by atoms with E-state index in [1.807, 2.05) is 0 Å². The fourth-order valence-corrected chi connectivity index (χ4v) is 2.64. The normalized spacial score (nSPS) is 12.5. The van der Waals surface area contributed by atoms with E-state index in [1.165, 1.54) is 18.2 Å². The lowest BCUT2D eigenvalue weighted by molar-refractivity contribution is 0.0941. The average Bonchev–Trinajstić information content (AvgIpc) is 3.04. The van der Waals surface area contributed by atoms with Gasteiger partial charge in [-0.1, -0.05) is 6.07 Å². The second-order valence-electron chi connectivity index (χ2n) is 5.85. The third kappa shape index (κ3) is 3.48. The summed E-state index contributed by atoms with van der Waals surface area (Å²) in [5.41, 5.74) is 1.54. The molecule has 0 saturated heterocycles. The zero-order chi connectivity index (χ0) is 18.0. The number of carbonyl (C=O) groups is 1. The van der Waals surface area contributed by atoms with Crippen molar-refractivity contribution in [2.75, 3.05) is 20.6 Å². The number of rotatable bonds is 5. The van der Waals surface area contributed by atoms with Crippen molar-refractivity contribution in [2.45, 2.75) is 6.04 Å². The molecule has 0 bridgehead atoms. The van der Waals surface area contributed by atoms with E-state index in [-0.39, 0.29) is 18.0 Å². The van der Waals surface area contributed by atoms with E-state index in [4.69, 9.17) is 0 Å². The first kappa shape index (κ1) is 17.0. The van der Waals surface area contributed by atoms with E-state index < -0.39 is 17.7 Å². The molecule has 0 spiro atoms. The molecule has 8 heteroatoms. The molecule has 0 saturated carbocycles. The van der Waals surface area contributed by atoms with Gasteiger partial charge in [0.2, 0.25) is 0 Å². The van der Waals surface area contributed by atoms with Crippen LogP contribution in [0.4, 0.5) is 8.78 Å². The topological polar surface area (TPSA) is 73.9 Å². The zero-order valence-corrected chi connectivity index (χ0v) is 13.8. The molecule has 3 aromatic rings. The third-order valence-corrected chi connectivity index (χ3v) is 3.99. The lowest BCUT2D eigenvalue weighted by Gasteiger charge is -2.25. The quantitative estimate of drug-likeness (QED) is 0.744. The summed E-state index contributed by atoms with van der Waals surface area (Å²) in [6.07, 6.45) is 0. The number of halogens is 2. The van der Waals surface area contributed by atoms with Crippen molar-refractivity contribution in [3.05, 3.63) is 59.2 Å². The number of aromatic amines is 1. The minimum absolute atomic E-state index is 0.0561. The monoisotopic (exact) mass is 345 g/mol. The fraction of sp³-hybridized carbons (Fsp3) is 0.235. The van der Waals surface area contributed by atoms with Crippen LogP contribution in [0.15, 0.2) is 36.4 Å². The minimum Gasteiger partial charge on any atom is -0.350 e. The number of benzene rings is 2. The maximum atomic E-state index is 14.0. The maximum Gasteiger partial charge on any atom is 0.251 e. The molecule has 0 aliphatic heterocycles. The first-order valence-corrected chi connectivity index (χ1v) is 7.66. The van der Waals surface area contributed by atoms with Crippen molar-refractivity contribution in [1.29, 1.82) is 0 Å². The Labute approximate surface area is 142 Å². The van der Waals surface area contributed by atoms with Crippen LogP contribution >= 0.6 is 0 Å². The molecule has 1 atom stereocenters. The standard InChI is InChI=1S/C17H17F2N5O/c1-24(2)15(16-11(18)4-3-5-12(16)19)9-20-17(25)10-6-7-13-14(8-10)22-23-21-13/h3-8,15H,9H2,1-2H3,(H,20,25)(H,21,22,23). The molecule has 6 nitrogen and oxygen atoms in total. The molecule has 0 radical (unpaired) electrons. The smallest absolute Gasteiger partial charge is 0.251 e. The van der Waals surface area contributed by atoms with Crippen LogP contribution in [0.3, 0.4) is 0 Å². The van der Waals surface area contributed by atoms with E-state index in [9.17, 15) is 13.6 Å². The van der Waals surface area contributed by atoms with Gasteiger partial charge in [0.15, 0.2) is 0 Å². The lowest BCUT2D eigenvalue weighted by Crippen LogP contribution is -2.35. The van der Waals surface area contributed by atoms with E-state index in [0.29, 0.717) is 16.6 Å². The molecule has 1 unspecified atom stereocenters. The van der Waals surface area contributed by atoms with Crippen molar-refractivity contribution >= 4 is 16.9 Å². The second kappa shape index (κ2) is 6.94. The summed E-state index contributed by atoms with van der Waals surface area (Å²) in [4.78, 5) is 14.0. The number of H-pyrrole nitrogens is 1. The Morgan fingerprint density at radius 1 is 1.16 bits per heavy atom. The fourth-order valence-electron chi connectivity index (χ4n) is 2.64. The van der Waals surface area contributed by atoms with Crippen LogP contribution in [-0.2, 0) is 0 Å². The molecular formula is C17H17F2N5O. The molecule has 2 N–H and O–H groups in total. The van der Waals surface area contributed by atoms with E-state index >= 15 is 0 Å². The lowest BCUT2D eigenvalue weighted by atomic mass is 10.0. The molecule has 0 fully saturated rings. The van der Waals surface area contributed by atoms with Crippen molar-refractivity contribution in [2.24, 2.45) is 0 Å². The highest BCUT2D eigenvalue weighted by Gasteiger charge is 2.23. The van der Waals surface area contributed by atoms with Crippen LogP contribution in [0.25, 0.3) is 11.0 Å². The van der Waals surface area contributed by atoms with Gasteiger partial charge in [-0.15, -0.1) is 0 Å². The summed E-state index contributed by atoms with van der Waals surface area (Å²) in [5.74, 6) is -1.64. The van der Waals surface area contributed by atoms with Crippen LogP contribution in [0.2, 0.25) is 0 Å². The van der Waals surface area contributed by atoms with Crippen LogP contribution in [0.1, 0.15) is 22.0 Å². The Balaban J connectivity index is 1.78. The van der Waals surface area contributed by atoms with Gasteiger partial charge < -0.3 is 10.2 Å². The van der Waals surface area contributed by atoms with Gasteiger partial charge in [0.1, 0.15) is 22.7 Å². The molecule has 25 heavy (non-hydrogen) atoms. The van der Waals surface area contributed by atoms with E-state index in [0.717, 1.165) is 0 Å². The predicted octanol–water partition coefficient (Wildman–Crippen LogP) is 2.27. The third-order valence-electron chi connectivity index (χ3n) is 3.99. The van der Waals surface area contributed by atoms with Gasteiger partial charge in [0, 0.05) is 17.7 Å². The van der Waals surface area contributed by atoms with Gasteiger partial charge in [-0.05, 0) is 44.4 Å². The van der Waals surface area contributed by atoms with Gasteiger partial charge in [0.05, 0.1) is 6.04 Å². The van der Waals surface area contributed by atoms with Gasteiger partial charge in [-0.3, -0.25) is 4.79 Å². The molecule has 2 aromatic carbocycles. The van der Waals surface area contributed by atoms with Gasteiger partial charge in [-0.2, -0.15) is 15.4 Å². The Morgan fingerprint density at radius 2 is 1.84 bits per heavy atom. The number of aromatic nitrogens is 3. The largest absolute Gasteiger partial charge is 0.350 e. The first-order chi connectivity index (χ1) is 12.0. The van der Waals surface area contributed by atoms with Crippen molar-refractivity contribution in [3.8, 4) is 0 Å². The Morgan fingerprint density at radius 3 is 2.52 bits per heavy atom. The maximum absolute atomic E-state index is 14.0. The number of hydrogen-bond acceptors (Lipinski definition) is 4. The Kier molecular flexibility index (Phi) is 4.71. The molecular weight excluding hydrogens is 328 g/mol. The van der Waals surface area contributed by atoms with Gasteiger partial charge in [-0.25, -0.2) is 8.78 Å². The Bertz CT molecular complexity index is 889. The van der Waals surface area contributed by atoms with Gasteiger partial charge in [0.25, 0.3) is 5.91 Å². The molecule has 130 valence electrons. The second-order valence-corrected chi connectivity index (χ2v) is 5.85. The number of amides is 1. The molecule has 0 aliphatic rings. The van der Waals surface area contributed by atoms with E-state index in [1.54, 1.807) is 37.2 Å².